The summed E-state index contributed by atoms with van der Waals surface area (Å²) in [4.78, 5) is 21.9. The predicted octanol–water partition coefficient (Wildman–Crippen LogP) is 1.07. The molecule has 0 aromatic heterocycles. The van der Waals surface area contributed by atoms with Gasteiger partial charge in [0.1, 0.15) is 6.04 Å². The molecule has 0 aromatic rings. The van der Waals surface area contributed by atoms with E-state index in [1.54, 1.807) is 0 Å². The Morgan fingerprint density at radius 3 is 2.57 bits per heavy atom. The van der Waals surface area contributed by atoms with Crippen molar-refractivity contribution in [3.8, 4) is 0 Å². The molecule has 82 valence electrons. The highest BCUT2D eigenvalue weighted by Crippen LogP contribution is 1.91. The monoisotopic (exact) mass is 203 g/mol. The Balaban J connectivity index is 3.65. The Morgan fingerprint density at radius 1 is 1.43 bits per heavy atom. The molecule has 0 heterocycles. The average molecular weight is 203 g/mol. The highest BCUT2D eigenvalue weighted by atomic mass is 16.6. The summed E-state index contributed by atoms with van der Waals surface area (Å²) in [7, 11) is 1.27. The van der Waals surface area contributed by atoms with Gasteiger partial charge < -0.3 is 14.8 Å². The largest absolute Gasteiger partial charge is 0.467 e. The minimum Gasteiger partial charge on any atom is -0.467 e. The molecule has 0 fully saturated rings. The SMILES string of the molecule is CCCCOC(=O)NC(C)C(=O)OC. The first-order valence-corrected chi connectivity index (χ1v) is 4.63. The smallest absolute Gasteiger partial charge is 0.407 e. The van der Waals surface area contributed by atoms with Crippen LogP contribution in [0.3, 0.4) is 0 Å². The second-order valence-corrected chi connectivity index (χ2v) is 2.88. The summed E-state index contributed by atoms with van der Waals surface area (Å²) in [6.45, 7) is 3.90. The maximum atomic E-state index is 11.0. The lowest BCUT2D eigenvalue weighted by Gasteiger charge is -2.11. The quantitative estimate of drug-likeness (QED) is 0.536. The van der Waals surface area contributed by atoms with E-state index in [-0.39, 0.29) is 0 Å². The molecule has 1 amide bonds. The minimum absolute atomic E-state index is 0.371. The van der Waals surface area contributed by atoms with Crippen molar-refractivity contribution in [2.45, 2.75) is 32.7 Å². The summed E-state index contributed by atoms with van der Waals surface area (Å²) in [5, 5.41) is 2.35. The maximum Gasteiger partial charge on any atom is 0.407 e. The number of esters is 1. The molecule has 0 bridgehead atoms. The summed E-state index contributed by atoms with van der Waals surface area (Å²) in [5.74, 6) is -0.488. The Morgan fingerprint density at radius 2 is 2.07 bits per heavy atom. The van der Waals surface area contributed by atoms with Gasteiger partial charge in [-0.1, -0.05) is 13.3 Å². The number of hydrogen-bond donors (Lipinski definition) is 1. The van der Waals surface area contributed by atoms with Gasteiger partial charge in [-0.3, -0.25) is 0 Å². The zero-order valence-electron chi connectivity index (χ0n) is 8.83. The molecule has 0 saturated heterocycles. The van der Waals surface area contributed by atoms with Crippen LogP contribution in [0.15, 0.2) is 0 Å². The lowest BCUT2D eigenvalue weighted by molar-refractivity contribution is -0.142. The van der Waals surface area contributed by atoms with E-state index in [4.69, 9.17) is 4.74 Å². The normalized spacial score (nSPS) is 11.6. The van der Waals surface area contributed by atoms with E-state index in [2.05, 4.69) is 10.1 Å². The van der Waals surface area contributed by atoms with Crippen LogP contribution in [-0.2, 0) is 14.3 Å². The van der Waals surface area contributed by atoms with Crippen LogP contribution in [0.2, 0.25) is 0 Å². The van der Waals surface area contributed by atoms with Gasteiger partial charge in [0.2, 0.25) is 0 Å². The van der Waals surface area contributed by atoms with E-state index in [1.807, 2.05) is 6.92 Å². The van der Waals surface area contributed by atoms with Crippen molar-refractivity contribution < 1.29 is 19.1 Å². The Labute approximate surface area is 83.8 Å². The van der Waals surface area contributed by atoms with E-state index >= 15 is 0 Å². The number of carbonyl (C=O) groups is 2. The molecule has 14 heavy (non-hydrogen) atoms. The van der Waals surface area contributed by atoms with E-state index in [0.29, 0.717) is 6.61 Å². The molecule has 0 radical (unpaired) electrons. The topological polar surface area (TPSA) is 64.6 Å². The van der Waals surface area contributed by atoms with Gasteiger partial charge in [-0.25, -0.2) is 9.59 Å². The molecule has 0 spiro atoms. The van der Waals surface area contributed by atoms with E-state index < -0.39 is 18.1 Å². The fourth-order valence-corrected chi connectivity index (χ4v) is 0.763. The number of carbonyl (C=O) groups excluding carboxylic acids is 2. The Kier molecular flexibility index (Phi) is 6.53. The molecule has 0 aliphatic heterocycles. The maximum absolute atomic E-state index is 11.0. The lowest BCUT2D eigenvalue weighted by atomic mass is 10.3. The summed E-state index contributed by atoms with van der Waals surface area (Å²) in [6, 6.07) is -0.672. The number of nitrogens with one attached hydrogen (secondary N) is 1. The summed E-state index contributed by atoms with van der Waals surface area (Å²) in [6.07, 6.45) is 1.19. The zero-order chi connectivity index (χ0) is 11.0. The van der Waals surface area contributed by atoms with Crippen molar-refractivity contribution >= 4 is 12.1 Å². The molecule has 5 heteroatoms. The third-order valence-electron chi connectivity index (χ3n) is 1.62. The van der Waals surface area contributed by atoms with Crippen molar-refractivity contribution in [3.05, 3.63) is 0 Å². The zero-order valence-corrected chi connectivity index (χ0v) is 8.83. The van der Waals surface area contributed by atoms with Gasteiger partial charge in [-0.05, 0) is 13.3 Å². The van der Waals surface area contributed by atoms with Crippen LogP contribution in [0.1, 0.15) is 26.7 Å². The second-order valence-electron chi connectivity index (χ2n) is 2.88. The van der Waals surface area contributed by atoms with Crippen molar-refractivity contribution in [3.63, 3.8) is 0 Å². The van der Waals surface area contributed by atoms with Gasteiger partial charge in [-0.15, -0.1) is 0 Å². The van der Waals surface area contributed by atoms with Gasteiger partial charge in [0.05, 0.1) is 13.7 Å². The van der Waals surface area contributed by atoms with Crippen LogP contribution in [-0.4, -0.2) is 31.8 Å². The van der Waals surface area contributed by atoms with Crippen LogP contribution < -0.4 is 5.32 Å². The molecule has 5 nitrogen and oxygen atoms in total. The fourth-order valence-electron chi connectivity index (χ4n) is 0.763. The fraction of sp³-hybridized carbons (Fsp3) is 0.778. The van der Waals surface area contributed by atoms with Gasteiger partial charge in [-0.2, -0.15) is 0 Å². The van der Waals surface area contributed by atoms with Gasteiger partial charge in [0, 0.05) is 0 Å². The van der Waals surface area contributed by atoms with Crippen LogP contribution in [0.5, 0.6) is 0 Å². The Bertz CT molecular complexity index is 193. The third kappa shape index (κ3) is 5.40. The van der Waals surface area contributed by atoms with Crippen molar-refractivity contribution in [2.24, 2.45) is 0 Å². The number of hydrogen-bond acceptors (Lipinski definition) is 4. The van der Waals surface area contributed by atoms with Gasteiger partial charge in [0.25, 0.3) is 0 Å². The average Bonchev–Trinajstić information content (AvgIpc) is 2.16. The minimum atomic E-state index is -0.672. The standard InChI is InChI=1S/C9H17NO4/c1-4-5-6-14-9(12)10-7(2)8(11)13-3/h7H,4-6H2,1-3H3,(H,10,12). The number of methoxy groups -OCH3 is 1. The highest BCUT2D eigenvalue weighted by Gasteiger charge is 2.15. The first kappa shape index (κ1) is 12.7. The molecule has 1 unspecified atom stereocenters. The van der Waals surface area contributed by atoms with Crippen molar-refractivity contribution in [1.29, 1.82) is 0 Å². The number of amides is 1. The molecular formula is C9H17NO4. The predicted molar refractivity (Wildman–Crippen MR) is 50.9 cm³/mol. The molecule has 0 saturated carbocycles. The van der Waals surface area contributed by atoms with Crippen LogP contribution in [0.25, 0.3) is 0 Å². The van der Waals surface area contributed by atoms with Crippen LogP contribution in [0, 0.1) is 0 Å². The summed E-state index contributed by atoms with van der Waals surface area (Å²) >= 11 is 0. The number of ether oxygens (including phenoxy) is 2. The van der Waals surface area contributed by atoms with Crippen molar-refractivity contribution in [2.75, 3.05) is 13.7 Å². The highest BCUT2D eigenvalue weighted by molar-refractivity contribution is 5.80. The number of alkyl carbamates (subject to hydrolysis) is 1. The first-order chi connectivity index (χ1) is 6.61. The molecule has 1 N–H and O–H groups in total. The second kappa shape index (κ2) is 7.17. The summed E-state index contributed by atoms with van der Waals surface area (Å²) < 4.78 is 9.22. The number of rotatable bonds is 5. The van der Waals surface area contributed by atoms with Crippen molar-refractivity contribution in [1.82, 2.24) is 5.32 Å². The molecule has 0 aromatic carbocycles. The van der Waals surface area contributed by atoms with Gasteiger partial charge >= 0.3 is 12.1 Å². The Hall–Kier alpha value is -1.26. The molecule has 0 aliphatic carbocycles. The number of unbranched alkanes of at least 4 members (excludes halogenated alkanes) is 1. The molecule has 0 rings (SSSR count). The molecule has 0 aliphatic rings. The van der Waals surface area contributed by atoms with Crippen LogP contribution in [0.4, 0.5) is 4.79 Å². The third-order valence-corrected chi connectivity index (χ3v) is 1.62. The van der Waals surface area contributed by atoms with E-state index in [9.17, 15) is 9.59 Å². The summed E-state index contributed by atoms with van der Waals surface area (Å²) in [5.41, 5.74) is 0. The first-order valence-electron chi connectivity index (χ1n) is 4.63. The van der Waals surface area contributed by atoms with E-state index in [1.165, 1.54) is 14.0 Å². The lowest BCUT2D eigenvalue weighted by Crippen LogP contribution is -2.39. The van der Waals surface area contributed by atoms with Gasteiger partial charge in [0.15, 0.2) is 0 Å². The van der Waals surface area contributed by atoms with E-state index in [0.717, 1.165) is 12.8 Å². The molecule has 1 atom stereocenters. The van der Waals surface area contributed by atoms with Crippen LogP contribution >= 0.6 is 0 Å². The molecular weight excluding hydrogens is 186 g/mol.